The van der Waals surface area contributed by atoms with Gasteiger partial charge in [-0.15, -0.1) is 0 Å². The number of phosphoric acid groups is 1. The van der Waals surface area contributed by atoms with Gasteiger partial charge in [0, 0.05) is 12.8 Å². The number of carbonyl (C=O) groups is 2. The minimum atomic E-state index is -4.63. The minimum Gasteiger partial charge on any atom is -0.756 e. The second-order valence-electron chi connectivity index (χ2n) is 25.6. The summed E-state index contributed by atoms with van der Waals surface area (Å²) in [7, 11) is 1.19. The first kappa shape index (κ1) is 79.5. The molecule has 0 aliphatic carbocycles. The number of likely N-dealkylation sites (N-methyl/N-ethyl adjacent to an activating group) is 1. The molecule has 0 radical (unpaired) electrons. The second-order valence-corrected chi connectivity index (χ2v) is 27.0. The lowest BCUT2D eigenvalue weighted by Crippen LogP contribution is -2.37. The Morgan fingerprint density at radius 1 is 0.383 bits per heavy atom. The summed E-state index contributed by atoms with van der Waals surface area (Å²) in [6, 6.07) is 0. The average Bonchev–Trinajstić information content (AvgIpc) is 3.43. The third kappa shape index (κ3) is 67.5. The van der Waals surface area contributed by atoms with Crippen LogP contribution in [-0.4, -0.2) is 70.0 Å². The maximum absolute atomic E-state index is 12.8. The number of quaternary nitrogens is 1. The molecule has 10 heteroatoms. The summed E-state index contributed by atoms with van der Waals surface area (Å²) in [5.74, 6) is -0.809. The molecule has 0 aromatic rings. The Labute approximate surface area is 504 Å². The van der Waals surface area contributed by atoms with Crippen LogP contribution in [0.2, 0.25) is 0 Å². The number of esters is 2. The summed E-state index contributed by atoms with van der Waals surface area (Å²) in [6.45, 7) is 4.30. The first-order chi connectivity index (χ1) is 39.5. The van der Waals surface area contributed by atoms with Crippen LogP contribution in [0.15, 0.2) is 24.3 Å². The maximum atomic E-state index is 12.8. The molecule has 0 amide bonds. The van der Waals surface area contributed by atoms with E-state index in [2.05, 4.69) is 38.2 Å². The summed E-state index contributed by atoms with van der Waals surface area (Å²) in [4.78, 5) is 37.9. The van der Waals surface area contributed by atoms with Gasteiger partial charge >= 0.3 is 11.9 Å². The van der Waals surface area contributed by atoms with Crippen molar-refractivity contribution in [3.05, 3.63) is 24.3 Å². The van der Waals surface area contributed by atoms with E-state index >= 15 is 0 Å². The van der Waals surface area contributed by atoms with E-state index in [0.717, 1.165) is 38.5 Å². The highest BCUT2D eigenvalue weighted by molar-refractivity contribution is 7.45. The van der Waals surface area contributed by atoms with Gasteiger partial charge in [0.2, 0.25) is 0 Å². The van der Waals surface area contributed by atoms with Crippen molar-refractivity contribution in [2.75, 3.05) is 47.5 Å². The van der Waals surface area contributed by atoms with Gasteiger partial charge in [0.15, 0.2) is 6.10 Å². The van der Waals surface area contributed by atoms with Gasteiger partial charge < -0.3 is 27.9 Å². The van der Waals surface area contributed by atoms with Crippen LogP contribution in [0.25, 0.3) is 0 Å². The lowest BCUT2D eigenvalue weighted by molar-refractivity contribution is -0.870. The standard InChI is InChI=1S/C71H138NO8P/c1-6-8-10-12-14-16-18-20-22-24-25-26-27-28-29-30-31-32-33-34-35-36-37-38-39-40-41-42-43-44-45-46-47-48-50-52-54-56-58-60-62-64-71(74)80-69(68-79-81(75,76)78-66-65-72(3,4)5)67-77-70(73)63-61-59-57-55-53-51-49-23-21-19-17-15-13-11-9-7-2/h18,20,24-25,69H,6-17,19,21-23,26-68H2,1-5H3/b20-18-,25-24-. The van der Waals surface area contributed by atoms with Crippen LogP contribution in [0.4, 0.5) is 0 Å². The average molecular weight is 1160 g/mol. The highest BCUT2D eigenvalue weighted by atomic mass is 31.2. The van der Waals surface area contributed by atoms with Gasteiger partial charge in [0.1, 0.15) is 19.8 Å². The Hall–Kier alpha value is -1.51. The Bertz CT molecular complexity index is 1420. The van der Waals surface area contributed by atoms with Crippen LogP contribution in [-0.2, 0) is 32.7 Å². The molecule has 2 atom stereocenters. The van der Waals surface area contributed by atoms with Gasteiger partial charge in [-0.1, -0.05) is 334 Å². The largest absolute Gasteiger partial charge is 0.756 e. The zero-order chi connectivity index (χ0) is 59.1. The van der Waals surface area contributed by atoms with E-state index in [9.17, 15) is 19.0 Å². The topological polar surface area (TPSA) is 111 Å². The lowest BCUT2D eigenvalue weighted by atomic mass is 10.0. The quantitative estimate of drug-likeness (QED) is 0.0195. The van der Waals surface area contributed by atoms with E-state index in [1.165, 1.54) is 295 Å². The van der Waals surface area contributed by atoms with E-state index in [1.54, 1.807) is 0 Å². The Morgan fingerprint density at radius 3 is 0.975 bits per heavy atom. The Kier molecular flexibility index (Phi) is 61.8. The number of rotatable bonds is 67. The number of carbonyl (C=O) groups excluding carboxylic acids is 2. The summed E-state index contributed by atoms with van der Waals surface area (Å²) >= 11 is 0. The summed E-state index contributed by atoms with van der Waals surface area (Å²) < 4.78 is 34.3. The van der Waals surface area contributed by atoms with E-state index in [1.807, 2.05) is 21.1 Å². The molecule has 0 rings (SSSR count). The molecular weight excluding hydrogens is 1030 g/mol. The molecule has 0 saturated carbocycles. The molecule has 0 N–H and O–H groups in total. The number of ether oxygens (including phenoxy) is 2. The normalized spacial score (nSPS) is 13.2. The summed E-state index contributed by atoms with van der Waals surface area (Å²) in [6.07, 6.45) is 78.6. The SMILES string of the molecule is CCCCCCC/C=C\C/C=C\CCCCCCCCCCCCCCCCCCCCCCCCCCCCCCCC(=O)OC(COC(=O)CCCCCCCCCCCCCCCCCC)COP(=O)([O-])OCC[N+](C)(C)C. The molecule has 0 saturated heterocycles. The van der Waals surface area contributed by atoms with E-state index in [-0.39, 0.29) is 32.0 Å². The van der Waals surface area contributed by atoms with Crippen molar-refractivity contribution in [3.63, 3.8) is 0 Å². The number of nitrogens with zero attached hydrogens (tertiary/aromatic N) is 1. The molecule has 480 valence electrons. The molecule has 0 heterocycles. The Morgan fingerprint density at radius 2 is 0.667 bits per heavy atom. The fourth-order valence-corrected chi connectivity index (χ4v) is 11.5. The molecule has 81 heavy (non-hydrogen) atoms. The van der Waals surface area contributed by atoms with Crippen LogP contribution in [0, 0.1) is 0 Å². The molecular formula is C71H138NO8P. The predicted octanol–water partition coefficient (Wildman–Crippen LogP) is 22.3. The third-order valence-corrected chi connectivity index (χ3v) is 17.2. The highest BCUT2D eigenvalue weighted by Crippen LogP contribution is 2.38. The number of phosphoric ester groups is 1. The number of hydrogen-bond acceptors (Lipinski definition) is 8. The molecule has 2 unspecified atom stereocenters. The second kappa shape index (κ2) is 63.0. The number of unbranched alkanes of at least 4 members (excludes halogenated alkanes) is 49. The van der Waals surface area contributed by atoms with Gasteiger partial charge in [0.05, 0.1) is 27.7 Å². The molecule has 0 aromatic heterocycles. The molecule has 0 bridgehead atoms. The van der Waals surface area contributed by atoms with E-state index < -0.39 is 26.5 Å². The number of hydrogen-bond donors (Lipinski definition) is 0. The van der Waals surface area contributed by atoms with Crippen LogP contribution in [0.1, 0.15) is 367 Å². The van der Waals surface area contributed by atoms with Crippen LogP contribution in [0.3, 0.4) is 0 Å². The molecule has 0 aromatic carbocycles. The van der Waals surface area contributed by atoms with E-state index in [4.69, 9.17) is 18.5 Å². The van der Waals surface area contributed by atoms with Crippen molar-refractivity contribution in [3.8, 4) is 0 Å². The predicted molar refractivity (Wildman–Crippen MR) is 347 cm³/mol. The van der Waals surface area contributed by atoms with Crippen molar-refractivity contribution < 1.29 is 42.1 Å². The van der Waals surface area contributed by atoms with Gasteiger partial charge in [-0.3, -0.25) is 14.2 Å². The fourth-order valence-electron chi connectivity index (χ4n) is 10.8. The Balaban J connectivity index is 3.83. The first-order valence-electron chi connectivity index (χ1n) is 35.5. The molecule has 0 spiro atoms. The van der Waals surface area contributed by atoms with Crippen LogP contribution >= 0.6 is 7.82 Å². The van der Waals surface area contributed by atoms with E-state index in [0.29, 0.717) is 17.4 Å². The third-order valence-electron chi connectivity index (χ3n) is 16.2. The molecule has 0 aliphatic heterocycles. The van der Waals surface area contributed by atoms with Crippen molar-refractivity contribution in [1.29, 1.82) is 0 Å². The minimum absolute atomic E-state index is 0.0261. The van der Waals surface area contributed by atoms with Gasteiger partial charge in [-0.25, -0.2) is 0 Å². The van der Waals surface area contributed by atoms with Crippen molar-refractivity contribution >= 4 is 19.8 Å². The molecule has 0 fully saturated rings. The van der Waals surface area contributed by atoms with Crippen molar-refractivity contribution in [2.24, 2.45) is 0 Å². The fraction of sp³-hybridized carbons (Fsp3) is 0.915. The lowest BCUT2D eigenvalue weighted by Gasteiger charge is -2.28. The zero-order valence-corrected chi connectivity index (χ0v) is 55.7. The summed E-state index contributed by atoms with van der Waals surface area (Å²) in [5.41, 5.74) is 0. The van der Waals surface area contributed by atoms with Crippen LogP contribution in [0.5, 0.6) is 0 Å². The first-order valence-corrected chi connectivity index (χ1v) is 37.0. The monoisotopic (exact) mass is 1160 g/mol. The number of allylic oxidation sites excluding steroid dienone is 4. The van der Waals surface area contributed by atoms with Gasteiger partial charge in [-0.05, 0) is 44.9 Å². The van der Waals surface area contributed by atoms with Crippen LogP contribution < -0.4 is 4.89 Å². The smallest absolute Gasteiger partial charge is 0.306 e. The molecule has 9 nitrogen and oxygen atoms in total. The molecule has 0 aliphatic rings. The van der Waals surface area contributed by atoms with Crippen molar-refractivity contribution in [1.82, 2.24) is 0 Å². The summed E-state index contributed by atoms with van der Waals surface area (Å²) in [5, 5.41) is 0. The van der Waals surface area contributed by atoms with Gasteiger partial charge in [0.25, 0.3) is 7.82 Å². The highest BCUT2D eigenvalue weighted by Gasteiger charge is 2.22. The zero-order valence-electron chi connectivity index (χ0n) is 54.8. The maximum Gasteiger partial charge on any atom is 0.306 e. The van der Waals surface area contributed by atoms with Gasteiger partial charge in [-0.2, -0.15) is 0 Å². The van der Waals surface area contributed by atoms with Crippen molar-refractivity contribution in [2.45, 2.75) is 373 Å².